The highest BCUT2D eigenvalue weighted by atomic mass is 16.5. The molecule has 2 aromatic rings. The second-order valence-electron chi connectivity index (χ2n) is 6.88. The number of carbonyl (C=O) groups is 1. The van der Waals surface area contributed by atoms with Crippen molar-refractivity contribution in [3.63, 3.8) is 0 Å². The number of carbonyl (C=O) groups excluding carboxylic acids is 1. The Bertz CT molecular complexity index is 760. The molecule has 0 aliphatic carbocycles. The van der Waals surface area contributed by atoms with Crippen LogP contribution in [-0.2, 0) is 30.7 Å². The van der Waals surface area contributed by atoms with E-state index in [0.717, 1.165) is 55.2 Å². The molecule has 1 atom stereocenters. The average Bonchev–Trinajstić information content (AvgIpc) is 3.08. The predicted octanol–water partition coefficient (Wildman–Crippen LogP) is 2.27. The van der Waals surface area contributed by atoms with Crippen LogP contribution in [0.2, 0.25) is 0 Å². The number of aromatic nitrogens is 2. The number of aryl methyl sites for hydroxylation is 2. The number of ether oxygens (including phenoxy) is 1. The topological polar surface area (TPSA) is 68.2 Å². The third-order valence-electron chi connectivity index (χ3n) is 4.73. The van der Waals surface area contributed by atoms with Crippen LogP contribution < -0.4 is 15.4 Å². The van der Waals surface area contributed by atoms with Crippen LogP contribution in [0.1, 0.15) is 36.7 Å². The Morgan fingerprint density at radius 1 is 1.44 bits per heavy atom. The van der Waals surface area contributed by atoms with E-state index in [-0.39, 0.29) is 12.0 Å². The first-order valence-corrected chi connectivity index (χ1v) is 9.03. The van der Waals surface area contributed by atoms with Crippen molar-refractivity contribution in [2.24, 2.45) is 0 Å². The lowest BCUT2D eigenvalue weighted by molar-refractivity contribution is -0.116. The molecule has 0 unspecified atom stereocenters. The lowest BCUT2D eigenvalue weighted by Gasteiger charge is -2.06. The predicted molar refractivity (Wildman–Crippen MR) is 95.7 cm³/mol. The normalized spacial score (nSPS) is 18.8. The first-order chi connectivity index (χ1) is 12.2. The summed E-state index contributed by atoms with van der Waals surface area (Å²) in [6, 6.07) is 7.97. The summed E-state index contributed by atoms with van der Waals surface area (Å²) in [6.45, 7) is 4.89. The summed E-state index contributed by atoms with van der Waals surface area (Å²) >= 11 is 0. The van der Waals surface area contributed by atoms with Crippen molar-refractivity contribution in [3.05, 3.63) is 41.2 Å². The third-order valence-corrected chi connectivity index (χ3v) is 4.73. The Hall–Kier alpha value is -2.34. The number of anilines is 1. The van der Waals surface area contributed by atoms with E-state index in [1.165, 1.54) is 5.69 Å². The van der Waals surface area contributed by atoms with Gasteiger partial charge >= 0.3 is 0 Å². The zero-order valence-corrected chi connectivity index (χ0v) is 14.5. The van der Waals surface area contributed by atoms with Gasteiger partial charge in [-0.15, -0.1) is 0 Å². The molecule has 4 rings (SSSR count). The minimum atomic E-state index is 0.0215. The van der Waals surface area contributed by atoms with Gasteiger partial charge in [-0.05, 0) is 49.7 Å². The van der Waals surface area contributed by atoms with Crippen molar-refractivity contribution in [1.29, 1.82) is 0 Å². The average molecular weight is 340 g/mol. The second kappa shape index (κ2) is 6.88. The molecule has 1 aromatic heterocycles. The van der Waals surface area contributed by atoms with Crippen LogP contribution in [0.15, 0.2) is 24.3 Å². The minimum Gasteiger partial charge on any atom is -0.490 e. The summed E-state index contributed by atoms with van der Waals surface area (Å²) in [4.78, 5) is 12.3. The van der Waals surface area contributed by atoms with Crippen LogP contribution in [-0.4, -0.2) is 28.3 Å². The smallest absolute Gasteiger partial charge is 0.224 e. The molecule has 2 N–H and O–H groups in total. The fourth-order valence-corrected chi connectivity index (χ4v) is 3.51. The molecule has 0 fully saturated rings. The van der Waals surface area contributed by atoms with Gasteiger partial charge in [-0.3, -0.25) is 9.48 Å². The number of nitrogens with one attached hydrogen (secondary N) is 2. The molecule has 6 nitrogen and oxygen atoms in total. The maximum Gasteiger partial charge on any atom is 0.224 e. The quantitative estimate of drug-likeness (QED) is 0.896. The van der Waals surface area contributed by atoms with E-state index in [0.29, 0.717) is 12.8 Å². The standard InChI is InChI=1S/C19H24N4O2/c1-13-9-14-10-15(3-5-18(14)25-13)21-19(24)6-4-16-11-17-12-20-7-2-8-23(17)22-16/h3,5,10-11,13,20H,2,4,6-9,12H2,1H3,(H,21,24)/t13-/m1/s1. The highest BCUT2D eigenvalue weighted by molar-refractivity contribution is 5.91. The van der Waals surface area contributed by atoms with Gasteiger partial charge in [0.1, 0.15) is 11.9 Å². The number of amides is 1. The zero-order valence-electron chi connectivity index (χ0n) is 14.5. The van der Waals surface area contributed by atoms with Crippen molar-refractivity contribution >= 4 is 11.6 Å². The minimum absolute atomic E-state index is 0.0215. The fraction of sp³-hybridized carbons (Fsp3) is 0.474. The van der Waals surface area contributed by atoms with Gasteiger partial charge in [0, 0.05) is 38.0 Å². The summed E-state index contributed by atoms with van der Waals surface area (Å²) < 4.78 is 7.76. The first-order valence-electron chi connectivity index (χ1n) is 9.03. The monoisotopic (exact) mass is 340 g/mol. The molecular formula is C19H24N4O2. The second-order valence-corrected chi connectivity index (χ2v) is 6.88. The number of hydrogen-bond acceptors (Lipinski definition) is 4. The lowest BCUT2D eigenvalue weighted by atomic mass is 10.1. The number of hydrogen-bond donors (Lipinski definition) is 2. The van der Waals surface area contributed by atoms with Crippen LogP contribution >= 0.6 is 0 Å². The van der Waals surface area contributed by atoms with E-state index in [2.05, 4.69) is 33.4 Å². The van der Waals surface area contributed by atoms with Crippen LogP contribution in [0, 0.1) is 0 Å². The van der Waals surface area contributed by atoms with Crippen molar-refractivity contribution in [2.75, 3.05) is 11.9 Å². The molecule has 0 bridgehead atoms. The Morgan fingerprint density at radius 3 is 3.28 bits per heavy atom. The van der Waals surface area contributed by atoms with E-state index in [1.54, 1.807) is 0 Å². The maximum absolute atomic E-state index is 12.3. The van der Waals surface area contributed by atoms with Gasteiger partial charge in [0.05, 0.1) is 11.4 Å². The van der Waals surface area contributed by atoms with Crippen molar-refractivity contribution in [3.8, 4) is 5.75 Å². The highest BCUT2D eigenvalue weighted by Crippen LogP contribution is 2.31. The Morgan fingerprint density at radius 2 is 2.36 bits per heavy atom. The van der Waals surface area contributed by atoms with Gasteiger partial charge in [-0.25, -0.2) is 0 Å². The van der Waals surface area contributed by atoms with E-state index in [4.69, 9.17) is 4.74 Å². The van der Waals surface area contributed by atoms with Crippen LogP contribution in [0.4, 0.5) is 5.69 Å². The van der Waals surface area contributed by atoms with Crippen LogP contribution in [0.3, 0.4) is 0 Å². The molecule has 0 spiro atoms. The van der Waals surface area contributed by atoms with Gasteiger partial charge in [-0.2, -0.15) is 5.10 Å². The summed E-state index contributed by atoms with van der Waals surface area (Å²) in [5.41, 5.74) is 4.20. The van der Waals surface area contributed by atoms with Crippen LogP contribution in [0.25, 0.3) is 0 Å². The zero-order chi connectivity index (χ0) is 17.2. The molecule has 1 aromatic carbocycles. The molecule has 6 heteroatoms. The number of fused-ring (bicyclic) bond motifs is 2. The molecule has 3 heterocycles. The Kier molecular flexibility index (Phi) is 4.44. The molecule has 0 radical (unpaired) electrons. The largest absolute Gasteiger partial charge is 0.490 e. The van der Waals surface area contributed by atoms with Crippen molar-refractivity contribution in [2.45, 2.75) is 51.8 Å². The molecule has 0 saturated carbocycles. The van der Waals surface area contributed by atoms with Crippen LogP contribution in [0.5, 0.6) is 5.75 Å². The van der Waals surface area contributed by atoms with Gasteiger partial charge in [0.15, 0.2) is 0 Å². The molecule has 25 heavy (non-hydrogen) atoms. The van der Waals surface area contributed by atoms with E-state index in [1.807, 2.05) is 18.2 Å². The molecule has 2 aliphatic rings. The summed E-state index contributed by atoms with van der Waals surface area (Å²) in [7, 11) is 0. The maximum atomic E-state index is 12.3. The van der Waals surface area contributed by atoms with Gasteiger partial charge in [0.2, 0.25) is 5.91 Å². The number of rotatable bonds is 4. The third kappa shape index (κ3) is 3.69. The number of nitrogens with zero attached hydrogens (tertiary/aromatic N) is 2. The summed E-state index contributed by atoms with van der Waals surface area (Å²) in [6.07, 6.45) is 3.31. The fourth-order valence-electron chi connectivity index (χ4n) is 3.51. The van der Waals surface area contributed by atoms with Gasteiger partial charge < -0.3 is 15.4 Å². The Balaban J connectivity index is 1.33. The Labute approximate surface area is 147 Å². The lowest BCUT2D eigenvalue weighted by Crippen LogP contribution is -2.13. The molecule has 0 saturated heterocycles. The summed E-state index contributed by atoms with van der Waals surface area (Å²) in [5.74, 6) is 0.951. The van der Waals surface area contributed by atoms with Gasteiger partial charge in [0.25, 0.3) is 0 Å². The first kappa shape index (κ1) is 16.1. The van der Waals surface area contributed by atoms with Gasteiger partial charge in [-0.1, -0.05) is 0 Å². The molecule has 132 valence electrons. The number of benzene rings is 1. The summed E-state index contributed by atoms with van der Waals surface area (Å²) in [5, 5.41) is 11.0. The molecular weight excluding hydrogens is 316 g/mol. The molecule has 1 amide bonds. The van der Waals surface area contributed by atoms with Crippen molar-refractivity contribution < 1.29 is 9.53 Å². The molecule has 2 aliphatic heterocycles. The highest BCUT2D eigenvalue weighted by Gasteiger charge is 2.19. The SMILES string of the molecule is C[C@@H]1Cc2cc(NC(=O)CCc3cc4n(n3)CCCNC4)ccc2O1. The van der Waals surface area contributed by atoms with E-state index in [9.17, 15) is 4.79 Å². The van der Waals surface area contributed by atoms with E-state index >= 15 is 0 Å². The van der Waals surface area contributed by atoms with Crippen molar-refractivity contribution in [1.82, 2.24) is 15.1 Å². The van der Waals surface area contributed by atoms with E-state index < -0.39 is 0 Å².